The molecule has 0 saturated carbocycles. The number of aromatic nitrogens is 2. The third-order valence-electron chi connectivity index (χ3n) is 3.12. The molecule has 0 aliphatic heterocycles. The molecule has 2 rings (SSSR count). The maximum atomic E-state index is 11.7. The van der Waals surface area contributed by atoms with Crippen molar-refractivity contribution >= 4 is 23.5 Å². The lowest BCUT2D eigenvalue weighted by atomic mass is 10.1. The first-order chi connectivity index (χ1) is 9.93. The van der Waals surface area contributed by atoms with E-state index in [1.165, 1.54) is 19.4 Å². The lowest BCUT2D eigenvalue weighted by Crippen LogP contribution is -2.14. The van der Waals surface area contributed by atoms with Crippen molar-refractivity contribution in [3.63, 3.8) is 0 Å². The number of nitrogens with zero attached hydrogens (tertiary/aromatic N) is 2. The van der Waals surface area contributed by atoms with Crippen molar-refractivity contribution in [1.29, 1.82) is 0 Å². The number of imidazole rings is 1. The smallest absolute Gasteiger partial charge is 0.356 e. The van der Waals surface area contributed by atoms with Crippen LogP contribution in [0.3, 0.4) is 0 Å². The van der Waals surface area contributed by atoms with Gasteiger partial charge in [0.25, 0.3) is 0 Å². The Kier molecular flexibility index (Phi) is 4.28. The van der Waals surface area contributed by atoms with E-state index in [4.69, 9.17) is 22.1 Å². The van der Waals surface area contributed by atoms with Gasteiger partial charge in [0, 0.05) is 10.6 Å². The molecule has 6 nitrogen and oxygen atoms in total. The second-order valence-electron chi connectivity index (χ2n) is 4.44. The number of primary amides is 1. The van der Waals surface area contributed by atoms with Gasteiger partial charge in [0.1, 0.15) is 11.5 Å². The van der Waals surface area contributed by atoms with Crippen molar-refractivity contribution in [3.05, 3.63) is 52.1 Å². The SMILES string of the molecule is COC(=O)c1cnc(C)n1Cc1ccc(C(N)=O)cc1Cl. The Morgan fingerprint density at radius 3 is 2.71 bits per heavy atom. The summed E-state index contributed by atoms with van der Waals surface area (Å²) in [6, 6.07) is 4.79. The van der Waals surface area contributed by atoms with E-state index >= 15 is 0 Å². The number of amides is 1. The Bertz CT molecular complexity index is 709. The van der Waals surface area contributed by atoms with E-state index in [0.717, 1.165) is 5.56 Å². The molecule has 2 aromatic rings. The summed E-state index contributed by atoms with van der Waals surface area (Å²) in [6.45, 7) is 2.12. The summed E-state index contributed by atoms with van der Waals surface area (Å²) in [5, 5.41) is 0.398. The molecular formula is C14H14ClN3O3. The number of nitrogens with two attached hydrogens (primary N) is 1. The maximum Gasteiger partial charge on any atom is 0.356 e. The number of benzene rings is 1. The third-order valence-corrected chi connectivity index (χ3v) is 3.47. The average Bonchev–Trinajstić information content (AvgIpc) is 2.81. The fourth-order valence-electron chi connectivity index (χ4n) is 1.93. The predicted octanol–water partition coefficient (Wildman–Crippen LogP) is 1.78. The highest BCUT2D eigenvalue weighted by Gasteiger charge is 2.16. The summed E-state index contributed by atoms with van der Waals surface area (Å²) in [5.41, 5.74) is 6.61. The number of esters is 1. The Balaban J connectivity index is 2.37. The molecule has 1 heterocycles. The van der Waals surface area contributed by atoms with Crippen LogP contribution in [-0.2, 0) is 11.3 Å². The zero-order chi connectivity index (χ0) is 15.6. The molecule has 1 aromatic heterocycles. The Labute approximate surface area is 126 Å². The van der Waals surface area contributed by atoms with Crippen molar-refractivity contribution < 1.29 is 14.3 Å². The molecule has 0 aliphatic carbocycles. The van der Waals surface area contributed by atoms with Gasteiger partial charge in [-0.05, 0) is 24.6 Å². The van der Waals surface area contributed by atoms with E-state index in [1.54, 1.807) is 23.6 Å². The fourth-order valence-corrected chi connectivity index (χ4v) is 2.17. The van der Waals surface area contributed by atoms with E-state index < -0.39 is 11.9 Å². The standard InChI is InChI=1S/C14H14ClN3O3/c1-8-17-6-12(14(20)21-2)18(8)7-10-4-3-9(13(16)19)5-11(10)15/h3-6H,7H2,1-2H3,(H2,16,19). The van der Waals surface area contributed by atoms with Crippen molar-refractivity contribution in [2.24, 2.45) is 5.73 Å². The molecule has 1 aromatic carbocycles. The average molecular weight is 308 g/mol. The van der Waals surface area contributed by atoms with Crippen molar-refractivity contribution in [3.8, 4) is 0 Å². The second-order valence-corrected chi connectivity index (χ2v) is 4.85. The van der Waals surface area contributed by atoms with Crippen LogP contribution in [0.25, 0.3) is 0 Å². The summed E-state index contributed by atoms with van der Waals surface area (Å²) in [4.78, 5) is 26.9. The van der Waals surface area contributed by atoms with Gasteiger partial charge in [0.2, 0.25) is 5.91 Å². The van der Waals surface area contributed by atoms with Gasteiger partial charge < -0.3 is 15.0 Å². The van der Waals surface area contributed by atoms with E-state index in [9.17, 15) is 9.59 Å². The van der Waals surface area contributed by atoms with Crippen molar-refractivity contribution in [1.82, 2.24) is 9.55 Å². The summed E-state index contributed by atoms with van der Waals surface area (Å²) in [7, 11) is 1.31. The second kappa shape index (κ2) is 5.97. The molecule has 0 bridgehead atoms. The van der Waals surface area contributed by atoms with Crippen LogP contribution in [0.1, 0.15) is 32.2 Å². The van der Waals surface area contributed by atoms with Crippen LogP contribution in [0.15, 0.2) is 24.4 Å². The van der Waals surface area contributed by atoms with Gasteiger partial charge in [-0.2, -0.15) is 0 Å². The summed E-state index contributed by atoms with van der Waals surface area (Å²) < 4.78 is 6.41. The van der Waals surface area contributed by atoms with Crippen molar-refractivity contribution in [2.45, 2.75) is 13.5 Å². The zero-order valence-electron chi connectivity index (χ0n) is 11.6. The quantitative estimate of drug-likeness (QED) is 0.872. The fraction of sp³-hybridized carbons (Fsp3) is 0.214. The van der Waals surface area contributed by atoms with Crippen molar-refractivity contribution in [2.75, 3.05) is 7.11 Å². The highest BCUT2D eigenvalue weighted by atomic mass is 35.5. The van der Waals surface area contributed by atoms with Crippen LogP contribution >= 0.6 is 11.6 Å². The molecular weight excluding hydrogens is 294 g/mol. The maximum absolute atomic E-state index is 11.7. The van der Waals surface area contributed by atoms with Gasteiger partial charge in [-0.25, -0.2) is 9.78 Å². The van der Waals surface area contributed by atoms with E-state index in [2.05, 4.69) is 4.98 Å². The van der Waals surface area contributed by atoms with Crippen LogP contribution in [0.4, 0.5) is 0 Å². The zero-order valence-corrected chi connectivity index (χ0v) is 12.3. The monoisotopic (exact) mass is 307 g/mol. The normalized spacial score (nSPS) is 10.4. The van der Waals surface area contributed by atoms with Gasteiger partial charge in [-0.15, -0.1) is 0 Å². The summed E-state index contributed by atoms with van der Waals surface area (Å²) in [6.07, 6.45) is 1.45. The molecule has 110 valence electrons. The molecule has 0 fully saturated rings. The van der Waals surface area contributed by atoms with Crippen LogP contribution in [0.2, 0.25) is 5.02 Å². The van der Waals surface area contributed by atoms with E-state index in [-0.39, 0.29) is 0 Å². The molecule has 2 N–H and O–H groups in total. The molecule has 7 heteroatoms. The Hall–Kier alpha value is -2.34. The molecule has 0 atom stereocenters. The molecule has 0 spiro atoms. The number of rotatable bonds is 4. The first kappa shape index (κ1) is 15.1. The van der Waals surface area contributed by atoms with Gasteiger partial charge in [-0.3, -0.25) is 4.79 Å². The van der Waals surface area contributed by atoms with Gasteiger partial charge in [0.05, 0.1) is 19.9 Å². The number of hydrogen-bond donors (Lipinski definition) is 1. The van der Waals surface area contributed by atoms with E-state index in [0.29, 0.717) is 28.6 Å². The molecule has 0 aliphatic rings. The molecule has 0 radical (unpaired) electrons. The van der Waals surface area contributed by atoms with Crippen LogP contribution < -0.4 is 5.73 Å². The predicted molar refractivity (Wildman–Crippen MR) is 77.4 cm³/mol. The van der Waals surface area contributed by atoms with Crippen LogP contribution in [0, 0.1) is 6.92 Å². The number of ether oxygens (including phenoxy) is 1. The molecule has 0 unspecified atom stereocenters. The van der Waals surface area contributed by atoms with Crippen LogP contribution in [-0.4, -0.2) is 28.5 Å². The third kappa shape index (κ3) is 3.05. The Morgan fingerprint density at radius 1 is 1.43 bits per heavy atom. The highest BCUT2D eigenvalue weighted by molar-refractivity contribution is 6.31. The first-order valence-electron chi connectivity index (χ1n) is 6.12. The number of aryl methyl sites for hydroxylation is 1. The molecule has 1 amide bonds. The highest BCUT2D eigenvalue weighted by Crippen LogP contribution is 2.20. The van der Waals surface area contributed by atoms with Gasteiger partial charge in [0.15, 0.2) is 0 Å². The topological polar surface area (TPSA) is 87.2 Å². The first-order valence-corrected chi connectivity index (χ1v) is 6.50. The van der Waals surface area contributed by atoms with E-state index in [1.807, 2.05) is 0 Å². The minimum Gasteiger partial charge on any atom is -0.464 e. The minimum atomic E-state index is -0.544. The largest absolute Gasteiger partial charge is 0.464 e. The molecule has 21 heavy (non-hydrogen) atoms. The summed E-state index contributed by atoms with van der Waals surface area (Å²) in [5.74, 6) is -0.358. The van der Waals surface area contributed by atoms with Gasteiger partial charge in [-0.1, -0.05) is 17.7 Å². The lowest BCUT2D eigenvalue weighted by molar-refractivity contribution is 0.0588. The summed E-state index contributed by atoms with van der Waals surface area (Å²) >= 11 is 6.15. The number of carbonyl (C=O) groups is 2. The number of halogens is 1. The minimum absolute atomic E-state index is 0.333. The Morgan fingerprint density at radius 2 is 2.14 bits per heavy atom. The number of methoxy groups -OCH3 is 1. The number of carbonyl (C=O) groups excluding carboxylic acids is 2. The molecule has 0 saturated heterocycles. The van der Waals surface area contributed by atoms with Gasteiger partial charge >= 0.3 is 5.97 Å². The number of hydrogen-bond acceptors (Lipinski definition) is 4. The lowest BCUT2D eigenvalue weighted by Gasteiger charge is -2.11. The van der Waals surface area contributed by atoms with Crippen LogP contribution in [0.5, 0.6) is 0 Å².